The molecule has 1 aliphatic rings. The van der Waals surface area contributed by atoms with Gasteiger partial charge >= 0.3 is 5.97 Å². The summed E-state index contributed by atoms with van der Waals surface area (Å²) >= 11 is 0. The normalized spacial score (nSPS) is 15.6. The Kier molecular flexibility index (Phi) is 6.42. The molecule has 0 aliphatic carbocycles. The van der Waals surface area contributed by atoms with Gasteiger partial charge in [-0.05, 0) is 42.7 Å². The third-order valence-electron chi connectivity index (χ3n) is 5.16. The lowest BCUT2D eigenvalue weighted by Gasteiger charge is -2.31. The largest absolute Gasteiger partial charge is 0.465 e. The van der Waals surface area contributed by atoms with Gasteiger partial charge in [-0.25, -0.2) is 4.79 Å². The van der Waals surface area contributed by atoms with Crippen molar-refractivity contribution in [3.05, 3.63) is 58.5 Å². The molecule has 0 saturated carbocycles. The molecule has 6 heteroatoms. The predicted octanol–water partition coefficient (Wildman–Crippen LogP) is 2.41. The number of rotatable bonds is 6. The van der Waals surface area contributed by atoms with Crippen LogP contribution in [0.1, 0.15) is 23.2 Å². The number of ether oxygens (including phenoxy) is 2. The van der Waals surface area contributed by atoms with Crippen molar-refractivity contribution in [2.75, 3.05) is 33.9 Å². The Labute approximate surface area is 159 Å². The van der Waals surface area contributed by atoms with Crippen molar-refractivity contribution in [2.45, 2.75) is 25.5 Å². The van der Waals surface area contributed by atoms with E-state index >= 15 is 0 Å². The molecule has 0 atom stereocenters. The van der Waals surface area contributed by atoms with E-state index in [2.05, 4.69) is 4.90 Å². The molecule has 0 spiro atoms. The minimum absolute atomic E-state index is 0.0184. The molecule has 2 heterocycles. The fraction of sp³-hybridized carbons (Fsp3) is 0.429. The number of carbonyl (C=O) groups is 1. The number of methoxy groups -OCH3 is 2. The molecule has 1 aromatic heterocycles. The molecule has 2 aromatic rings. The Bertz CT molecular complexity index is 821. The van der Waals surface area contributed by atoms with Gasteiger partial charge in [-0.2, -0.15) is 0 Å². The number of nitrogens with zero attached hydrogens (tertiary/aromatic N) is 2. The summed E-state index contributed by atoms with van der Waals surface area (Å²) in [4.78, 5) is 26.8. The number of esters is 1. The highest BCUT2D eigenvalue weighted by molar-refractivity contribution is 5.89. The molecule has 0 radical (unpaired) electrons. The first-order valence-electron chi connectivity index (χ1n) is 9.25. The Morgan fingerprint density at radius 2 is 1.78 bits per heavy atom. The maximum Gasteiger partial charge on any atom is 0.337 e. The van der Waals surface area contributed by atoms with E-state index in [9.17, 15) is 9.59 Å². The van der Waals surface area contributed by atoms with E-state index in [1.807, 2.05) is 18.3 Å². The van der Waals surface area contributed by atoms with Crippen LogP contribution in [-0.4, -0.2) is 55.4 Å². The van der Waals surface area contributed by atoms with Gasteiger partial charge in [-0.1, -0.05) is 12.1 Å². The number of pyridine rings is 1. The fourth-order valence-corrected chi connectivity index (χ4v) is 3.45. The smallest absolute Gasteiger partial charge is 0.337 e. The summed E-state index contributed by atoms with van der Waals surface area (Å²) in [6.07, 6.45) is 4.27. The minimum Gasteiger partial charge on any atom is -0.465 e. The van der Waals surface area contributed by atoms with Gasteiger partial charge in [-0.3, -0.25) is 4.79 Å². The highest BCUT2D eigenvalue weighted by atomic mass is 16.5. The monoisotopic (exact) mass is 370 g/mol. The Balaban J connectivity index is 1.69. The molecule has 1 fully saturated rings. The first kappa shape index (κ1) is 19.3. The van der Waals surface area contributed by atoms with Gasteiger partial charge in [0, 0.05) is 45.0 Å². The van der Waals surface area contributed by atoms with Crippen molar-refractivity contribution in [2.24, 2.45) is 0 Å². The van der Waals surface area contributed by atoms with Gasteiger partial charge in [-0.15, -0.1) is 0 Å². The van der Waals surface area contributed by atoms with Crippen LogP contribution in [-0.2, 0) is 16.0 Å². The number of aromatic nitrogens is 1. The maximum atomic E-state index is 12.8. The lowest BCUT2D eigenvalue weighted by atomic mass is 10.1. The Hall–Kier alpha value is -2.44. The van der Waals surface area contributed by atoms with Crippen molar-refractivity contribution in [1.29, 1.82) is 0 Å². The van der Waals surface area contributed by atoms with Crippen LogP contribution in [0, 0.1) is 0 Å². The van der Waals surface area contributed by atoms with Crippen LogP contribution in [0.5, 0.6) is 0 Å². The zero-order valence-corrected chi connectivity index (χ0v) is 15.9. The lowest BCUT2D eigenvalue weighted by molar-refractivity contribution is 0.0401. The average molecular weight is 370 g/mol. The van der Waals surface area contributed by atoms with E-state index in [1.54, 1.807) is 35.9 Å². The van der Waals surface area contributed by atoms with E-state index in [-0.39, 0.29) is 11.5 Å². The molecular weight excluding hydrogens is 344 g/mol. The fourth-order valence-electron chi connectivity index (χ4n) is 3.45. The number of hydrogen-bond donors (Lipinski definition) is 0. The second-order valence-electron chi connectivity index (χ2n) is 6.77. The molecular formula is C21H26N2O4. The predicted molar refractivity (Wildman–Crippen MR) is 104 cm³/mol. The van der Waals surface area contributed by atoms with Crippen LogP contribution in [0.4, 0.5) is 0 Å². The van der Waals surface area contributed by atoms with Crippen LogP contribution in [0.2, 0.25) is 0 Å². The van der Waals surface area contributed by atoms with Gasteiger partial charge in [0.25, 0.3) is 5.56 Å². The molecule has 0 N–H and O–H groups in total. The Morgan fingerprint density at radius 1 is 1.07 bits per heavy atom. The molecule has 1 aromatic carbocycles. The number of likely N-dealkylation sites (tertiary alicyclic amines) is 1. The van der Waals surface area contributed by atoms with Crippen molar-refractivity contribution in [1.82, 2.24) is 9.47 Å². The van der Waals surface area contributed by atoms with Gasteiger partial charge in [0.1, 0.15) is 0 Å². The molecule has 0 bridgehead atoms. The molecule has 144 valence electrons. The quantitative estimate of drug-likeness (QED) is 0.731. The summed E-state index contributed by atoms with van der Waals surface area (Å²) in [5, 5.41) is 0. The molecule has 6 nitrogen and oxygen atoms in total. The van der Waals surface area contributed by atoms with Crippen LogP contribution in [0.25, 0.3) is 11.1 Å². The zero-order chi connectivity index (χ0) is 19.2. The molecule has 0 amide bonds. The minimum atomic E-state index is -0.385. The summed E-state index contributed by atoms with van der Waals surface area (Å²) in [5.74, 6) is -0.385. The SMILES string of the molecule is COC(=O)c1ccc(-c2cccn(CCN3CCC(OC)CC3)c2=O)cc1. The second-order valence-corrected chi connectivity index (χ2v) is 6.77. The number of piperidine rings is 1. The van der Waals surface area contributed by atoms with Crippen molar-refractivity contribution >= 4 is 5.97 Å². The maximum absolute atomic E-state index is 12.8. The number of carbonyl (C=O) groups excluding carboxylic acids is 1. The molecule has 3 rings (SSSR count). The molecule has 27 heavy (non-hydrogen) atoms. The zero-order valence-electron chi connectivity index (χ0n) is 15.9. The highest BCUT2D eigenvalue weighted by Crippen LogP contribution is 2.17. The van der Waals surface area contributed by atoms with Crippen molar-refractivity contribution < 1.29 is 14.3 Å². The van der Waals surface area contributed by atoms with Crippen LogP contribution in [0.15, 0.2) is 47.4 Å². The van der Waals surface area contributed by atoms with E-state index < -0.39 is 0 Å². The number of hydrogen-bond acceptors (Lipinski definition) is 5. The third kappa shape index (κ3) is 4.64. The summed E-state index contributed by atoms with van der Waals surface area (Å²) in [7, 11) is 3.12. The first-order chi connectivity index (χ1) is 13.1. The van der Waals surface area contributed by atoms with E-state index in [4.69, 9.17) is 9.47 Å². The number of benzene rings is 1. The van der Waals surface area contributed by atoms with Crippen molar-refractivity contribution in [3.63, 3.8) is 0 Å². The van der Waals surface area contributed by atoms with Gasteiger partial charge in [0.05, 0.1) is 18.8 Å². The summed E-state index contributed by atoms with van der Waals surface area (Å²) in [5.41, 5.74) is 1.88. The van der Waals surface area contributed by atoms with Crippen LogP contribution < -0.4 is 5.56 Å². The summed E-state index contributed by atoms with van der Waals surface area (Å²) in [6.45, 7) is 3.51. The van der Waals surface area contributed by atoms with Gasteiger partial charge in [0.2, 0.25) is 0 Å². The third-order valence-corrected chi connectivity index (χ3v) is 5.16. The average Bonchev–Trinajstić information content (AvgIpc) is 2.73. The van der Waals surface area contributed by atoms with Gasteiger partial charge < -0.3 is 18.9 Å². The highest BCUT2D eigenvalue weighted by Gasteiger charge is 2.18. The van der Waals surface area contributed by atoms with E-state index in [0.29, 0.717) is 23.8 Å². The van der Waals surface area contributed by atoms with E-state index in [1.165, 1.54) is 7.11 Å². The summed E-state index contributed by atoms with van der Waals surface area (Å²) < 4.78 is 11.9. The molecule has 1 saturated heterocycles. The van der Waals surface area contributed by atoms with Crippen molar-refractivity contribution in [3.8, 4) is 11.1 Å². The second kappa shape index (κ2) is 8.97. The van der Waals surface area contributed by atoms with E-state index in [0.717, 1.165) is 38.0 Å². The standard InChI is InChI=1S/C21H26N2O4/c1-26-18-9-12-22(13-10-18)14-15-23-11-3-4-19(20(23)24)16-5-7-17(8-6-16)21(25)27-2/h3-8,11,18H,9-10,12-15H2,1-2H3. The lowest BCUT2D eigenvalue weighted by Crippen LogP contribution is -2.39. The Morgan fingerprint density at radius 3 is 2.41 bits per heavy atom. The summed E-state index contributed by atoms with van der Waals surface area (Å²) in [6, 6.07) is 10.6. The van der Waals surface area contributed by atoms with Crippen LogP contribution in [0.3, 0.4) is 0 Å². The molecule has 0 unspecified atom stereocenters. The first-order valence-corrected chi connectivity index (χ1v) is 9.25. The van der Waals surface area contributed by atoms with Gasteiger partial charge in [0.15, 0.2) is 0 Å². The topological polar surface area (TPSA) is 60.8 Å². The van der Waals surface area contributed by atoms with Crippen LogP contribution >= 0.6 is 0 Å². The molecule has 1 aliphatic heterocycles.